The lowest BCUT2D eigenvalue weighted by atomic mass is 10.2. The van der Waals surface area contributed by atoms with Gasteiger partial charge in [-0.3, -0.25) is 4.90 Å². The minimum Gasteiger partial charge on any atom is -0.491 e. The number of nitrogens with zero attached hydrogens (tertiary/aromatic N) is 1. The molecular formula is C18H26ClNO4S. The van der Waals surface area contributed by atoms with Gasteiger partial charge in [0.1, 0.15) is 18.5 Å². The van der Waals surface area contributed by atoms with Crippen LogP contribution in [0.1, 0.15) is 25.3 Å². The van der Waals surface area contributed by atoms with Crippen molar-refractivity contribution >= 4 is 27.5 Å². The molecule has 1 N–H and O–H groups in total. The number of hydrogen-bond donors (Lipinski definition) is 1. The Morgan fingerprint density at radius 3 is 2.72 bits per heavy atom. The zero-order valence-electron chi connectivity index (χ0n) is 14.5. The molecule has 0 radical (unpaired) electrons. The smallest absolute Gasteiger partial charge is 0.152 e. The lowest BCUT2D eigenvalue weighted by Crippen LogP contribution is -2.44. The quantitative estimate of drug-likeness (QED) is 0.742. The number of hydrogen-bond acceptors (Lipinski definition) is 5. The van der Waals surface area contributed by atoms with E-state index in [1.165, 1.54) is 0 Å². The standard InChI is InChI=1S/C18H26ClNO4S/c1-2-3-4-5-15-10-16(19)12-18(11-15)24-14-17(21)13-20-6-8-25(22,23)9-7-20/h4-5,10-12,17,21H,2-3,6-9,13-14H2,1H3/b5-4+. The number of aliphatic hydroxyl groups is 1. The van der Waals surface area contributed by atoms with Crippen molar-refractivity contribution in [2.75, 3.05) is 37.7 Å². The Balaban J connectivity index is 1.83. The van der Waals surface area contributed by atoms with E-state index in [-0.39, 0.29) is 18.1 Å². The Bertz CT molecular complexity index is 676. The summed E-state index contributed by atoms with van der Waals surface area (Å²) in [6, 6.07) is 5.47. The van der Waals surface area contributed by atoms with Gasteiger partial charge >= 0.3 is 0 Å². The molecule has 7 heteroatoms. The lowest BCUT2D eigenvalue weighted by Gasteiger charge is -2.28. The number of benzene rings is 1. The van der Waals surface area contributed by atoms with Crippen LogP contribution in [-0.4, -0.2) is 62.3 Å². The fraction of sp³-hybridized carbons (Fsp3) is 0.556. The number of rotatable bonds is 8. The third-order valence-electron chi connectivity index (χ3n) is 4.01. The van der Waals surface area contributed by atoms with Gasteiger partial charge in [0.15, 0.2) is 9.84 Å². The number of allylic oxidation sites excluding steroid dienone is 1. The first-order chi connectivity index (χ1) is 11.9. The molecule has 1 heterocycles. The normalized spacial score (nSPS) is 19.2. The first kappa shape index (κ1) is 20.2. The van der Waals surface area contributed by atoms with E-state index in [1.54, 1.807) is 6.07 Å². The number of β-amino-alcohol motifs (C(OH)–C–C–N with tert-alkyl or cyclic N) is 1. The molecule has 140 valence electrons. The Morgan fingerprint density at radius 2 is 2.04 bits per heavy atom. The van der Waals surface area contributed by atoms with E-state index in [4.69, 9.17) is 16.3 Å². The molecule has 5 nitrogen and oxygen atoms in total. The lowest BCUT2D eigenvalue weighted by molar-refractivity contribution is 0.0710. The molecule has 0 aliphatic carbocycles. The van der Waals surface area contributed by atoms with E-state index in [1.807, 2.05) is 23.1 Å². The van der Waals surface area contributed by atoms with Crippen LogP contribution in [0, 0.1) is 0 Å². The van der Waals surface area contributed by atoms with Crippen LogP contribution in [0.2, 0.25) is 5.02 Å². The Labute approximate surface area is 155 Å². The fourth-order valence-electron chi connectivity index (χ4n) is 2.63. The zero-order chi connectivity index (χ0) is 18.3. The number of ether oxygens (including phenoxy) is 1. The minimum absolute atomic E-state index is 0.141. The molecule has 1 saturated heterocycles. The third kappa shape index (κ3) is 7.36. The van der Waals surface area contributed by atoms with E-state index in [9.17, 15) is 13.5 Å². The topological polar surface area (TPSA) is 66.8 Å². The summed E-state index contributed by atoms with van der Waals surface area (Å²) in [5, 5.41) is 10.7. The molecule has 1 atom stereocenters. The highest BCUT2D eigenvalue weighted by Crippen LogP contribution is 2.22. The molecule has 2 rings (SSSR count). The summed E-state index contributed by atoms with van der Waals surface area (Å²) >= 11 is 6.12. The Kier molecular flexibility index (Phi) is 7.75. The highest BCUT2D eigenvalue weighted by molar-refractivity contribution is 7.91. The van der Waals surface area contributed by atoms with Crippen molar-refractivity contribution in [2.45, 2.75) is 25.9 Å². The summed E-state index contributed by atoms with van der Waals surface area (Å²) < 4.78 is 28.5. The van der Waals surface area contributed by atoms with Gasteiger partial charge in [-0.15, -0.1) is 0 Å². The summed E-state index contributed by atoms with van der Waals surface area (Å²) in [7, 11) is -2.90. The van der Waals surface area contributed by atoms with Crippen LogP contribution in [0.25, 0.3) is 6.08 Å². The molecule has 1 aliphatic rings. The summed E-state index contributed by atoms with van der Waals surface area (Å²) in [5.41, 5.74) is 0.965. The molecule has 1 aliphatic heterocycles. The summed E-state index contributed by atoms with van der Waals surface area (Å²) in [6.07, 6.45) is 5.51. The molecular weight excluding hydrogens is 362 g/mol. The van der Waals surface area contributed by atoms with Crippen molar-refractivity contribution in [1.29, 1.82) is 0 Å². The van der Waals surface area contributed by atoms with E-state index in [0.29, 0.717) is 30.4 Å². The second-order valence-corrected chi connectivity index (χ2v) is 9.07. The largest absolute Gasteiger partial charge is 0.491 e. The van der Waals surface area contributed by atoms with Gasteiger partial charge < -0.3 is 9.84 Å². The van der Waals surface area contributed by atoms with Gasteiger partial charge in [0.2, 0.25) is 0 Å². The summed E-state index contributed by atoms with van der Waals surface area (Å²) in [4.78, 5) is 1.95. The van der Waals surface area contributed by atoms with Gasteiger partial charge in [0, 0.05) is 24.7 Å². The van der Waals surface area contributed by atoms with E-state index >= 15 is 0 Å². The van der Waals surface area contributed by atoms with Crippen LogP contribution in [-0.2, 0) is 9.84 Å². The molecule has 0 spiro atoms. The molecule has 25 heavy (non-hydrogen) atoms. The Morgan fingerprint density at radius 1 is 1.32 bits per heavy atom. The first-order valence-corrected chi connectivity index (χ1v) is 10.8. The predicted molar refractivity (Wildman–Crippen MR) is 102 cm³/mol. The average Bonchev–Trinajstić information content (AvgIpc) is 2.55. The maximum Gasteiger partial charge on any atom is 0.152 e. The maximum absolute atomic E-state index is 11.4. The Hall–Kier alpha value is -1.08. The molecule has 0 saturated carbocycles. The van der Waals surface area contributed by atoms with Gasteiger partial charge in [-0.05, 0) is 30.2 Å². The van der Waals surface area contributed by atoms with Crippen LogP contribution < -0.4 is 4.74 Å². The molecule has 0 amide bonds. The second-order valence-electron chi connectivity index (χ2n) is 6.33. The van der Waals surface area contributed by atoms with E-state index in [2.05, 4.69) is 13.0 Å². The van der Waals surface area contributed by atoms with Crippen molar-refractivity contribution in [3.63, 3.8) is 0 Å². The monoisotopic (exact) mass is 387 g/mol. The van der Waals surface area contributed by atoms with Crippen LogP contribution >= 0.6 is 11.6 Å². The van der Waals surface area contributed by atoms with Crippen LogP contribution in [0.15, 0.2) is 24.3 Å². The van der Waals surface area contributed by atoms with Gasteiger partial charge in [0.05, 0.1) is 11.5 Å². The van der Waals surface area contributed by atoms with Gasteiger partial charge in [0.25, 0.3) is 0 Å². The number of aliphatic hydroxyl groups excluding tert-OH is 1. The van der Waals surface area contributed by atoms with Crippen molar-refractivity contribution in [3.05, 3.63) is 34.9 Å². The number of halogens is 1. The van der Waals surface area contributed by atoms with Crippen molar-refractivity contribution in [1.82, 2.24) is 4.90 Å². The molecule has 1 fully saturated rings. The number of unbranched alkanes of at least 4 members (excludes halogenated alkanes) is 1. The van der Waals surface area contributed by atoms with Crippen molar-refractivity contribution in [2.24, 2.45) is 0 Å². The van der Waals surface area contributed by atoms with E-state index in [0.717, 1.165) is 18.4 Å². The zero-order valence-corrected chi connectivity index (χ0v) is 16.1. The first-order valence-electron chi connectivity index (χ1n) is 8.59. The van der Waals surface area contributed by atoms with Crippen molar-refractivity contribution in [3.8, 4) is 5.75 Å². The predicted octanol–water partition coefficient (Wildman–Crippen LogP) is 2.62. The van der Waals surface area contributed by atoms with Crippen LogP contribution in [0.3, 0.4) is 0 Å². The van der Waals surface area contributed by atoms with E-state index < -0.39 is 15.9 Å². The summed E-state index contributed by atoms with van der Waals surface area (Å²) in [6.45, 7) is 3.59. The molecule has 1 unspecified atom stereocenters. The molecule has 0 bridgehead atoms. The fourth-order valence-corrected chi connectivity index (χ4v) is 4.14. The maximum atomic E-state index is 11.4. The van der Waals surface area contributed by atoms with Crippen LogP contribution in [0.4, 0.5) is 0 Å². The SMILES string of the molecule is CCC/C=C/c1cc(Cl)cc(OCC(O)CN2CCS(=O)(=O)CC2)c1. The number of sulfone groups is 1. The highest BCUT2D eigenvalue weighted by atomic mass is 35.5. The van der Waals surface area contributed by atoms with Crippen molar-refractivity contribution < 1.29 is 18.3 Å². The van der Waals surface area contributed by atoms with Gasteiger partial charge in [-0.25, -0.2) is 8.42 Å². The molecule has 1 aromatic carbocycles. The average molecular weight is 388 g/mol. The second kappa shape index (κ2) is 9.57. The minimum atomic E-state index is -2.90. The third-order valence-corrected chi connectivity index (χ3v) is 5.84. The van der Waals surface area contributed by atoms with Crippen LogP contribution in [0.5, 0.6) is 5.75 Å². The van der Waals surface area contributed by atoms with Gasteiger partial charge in [-0.2, -0.15) is 0 Å². The molecule has 0 aromatic heterocycles. The van der Waals surface area contributed by atoms with Gasteiger partial charge in [-0.1, -0.05) is 37.1 Å². The molecule has 1 aromatic rings. The highest BCUT2D eigenvalue weighted by Gasteiger charge is 2.23. The summed E-state index contributed by atoms with van der Waals surface area (Å²) in [5.74, 6) is 0.925.